The first kappa shape index (κ1) is 14.5. The Kier molecular flexibility index (Phi) is 3.40. The molecule has 0 amide bonds. The van der Waals surface area contributed by atoms with E-state index in [0.717, 1.165) is 50.5 Å². The minimum absolute atomic E-state index is 0.369. The normalized spacial score (nSPS) is 28.9. The zero-order valence-electron chi connectivity index (χ0n) is 14.1. The topological polar surface area (TPSA) is 76.3 Å². The van der Waals surface area contributed by atoms with E-state index in [1.165, 1.54) is 42.6 Å². The molecular weight excluding hydrogens is 302 g/mol. The van der Waals surface area contributed by atoms with E-state index < -0.39 is 0 Å². The summed E-state index contributed by atoms with van der Waals surface area (Å²) in [6, 6.07) is 0. The molecule has 1 saturated heterocycles. The molecule has 2 atom stereocenters. The lowest BCUT2D eigenvalue weighted by atomic mass is 9.78. The highest BCUT2D eigenvalue weighted by Gasteiger charge is 2.42. The molecule has 1 aromatic heterocycles. The number of piperazine rings is 1. The van der Waals surface area contributed by atoms with Gasteiger partial charge in [0, 0.05) is 49.7 Å². The molecule has 5 rings (SSSR count). The molecule has 6 heteroatoms. The van der Waals surface area contributed by atoms with Gasteiger partial charge in [-0.15, -0.1) is 0 Å². The Hall–Kier alpha value is -1.82. The summed E-state index contributed by atoms with van der Waals surface area (Å²) in [4.78, 5) is 11.7. The highest BCUT2D eigenvalue weighted by molar-refractivity contribution is 5.77. The summed E-state index contributed by atoms with van der Waals surface area (Å²) in [7, 11) is 0. The number of nitrogens with one attached hydrogen (secondary N) is 1. The molecule has 2 aliphatic heterocycles. The van der Waals surface area contributed by atoms with Gasteiger partial charge in [0.15, 0.2) is 0 Å². The predicted molar refractivity (Wildman–Crippen MR) is 93.6 cm³/mol. The number of allylic oxidation sites excluding steroid dienone is 1. The van der Waals surface area contributed by atoms with E-state index in [-0.39, 0.29) is 0 Å². The average Bonchev–Trinajstić information content (AvgIpc) is 3.01. The zero-order valence-corrected chi connectivity index (χ0v) is 14.1. The minimum atomic E-state index is 0.369. The number of anilines is 2. The van der Waals surface area contributed by atoms with Crippen LogP contribution in [0, 0.1) is 5.92 Å². The molecule has 128 valence electrons. The van der Waals surface area contributed by atoms with E-state index in [0.29, 0.717) is 18.0 Å². The third-order valence-electron chi connectivity index (χ3n) is 5.94. The molecule has 0 bridgehead atoms. The summed E-state index contributed by atoms with van der Waals surface area (Å²) in [5, 5.41) is 3.41. The van der Waals surface area contributed by atoms with Gasteiger partial charge in [-0.05, 0) is 25.7 Å². The number of nitrogen functional groups attached to an aromatic ring is 1. The highest BCUT2D eigenvalue weighted by Crippen LogP contribution is 2.50. The fourth-order valence-electron chi connectivity index (χ4n) is 4.84. The first-order valence-electron chi connectivity index (χ1n) is 9.33. The standard InChI is InChI=1S/C18H25N5O/c19-18-21-16-12(17(22-18)23-9-7-20-8-10-23)5-6-14-15(16)11-3-1-2-4-13(11)24-14/h11,13,20H,1-10H2,(H2,19,21,22)/t11-,13+/m0/s1. The molecule has 0 radical (unpaired) electrons. The molecule has 6 nitrogen and oxygen atoms in total. The molecule has 0 unspecified atom stereocenters. The Bertz CT molecular complexity index is 695. The maximum Gasteiger partial charge on any atom is 0.222 e. The summed E-state index contributed by atoms with van der Waals surface area (Å²) in [6.45, 7) is 3.97. The van der Waals surface area contributed by atoms with Crippen LogP contribution in [0.4, 0.5) is 11.8 Å². The van der Waals surface area contributed by atoms with Crippen LogP contribution < -0.4 is 16.0 Å². The highest BCUT2D eigenvalue weighted by atomic mass is 16.5. The lowest BCUT2D eigenvalue weighted by molar-refractivity contribution is 0.0793. The van der Waals surface area contributed by atoms with Crippen LogP contribution in [-0.4, -0.2) is 42.3 Å². The van der Waals surface area contributed by atoms with Gasteiger partial charge < -0.3 is 20.7 Å². The van der Waals surface area contributed by atoms with E-state index in [1.54, 1.807) is 0 Å². The second-order valence-corrected chi connectivity index (χ2v) is 7.35. The average molecular weight is 327 g/mol. The van der Waals surface area contributed by atoms with Crippen molar-refractivity contribution in [3.63, 3.8) is 0 Å². The van der Waals surface area contributed by atoms with Crippen molar-refractivity contribution in [3.05, 3.63) is 17.0 Å². The van der Waals surface area contributed by atoms with Crippen molar-refractivity contribution >= 4 is 17.3 Å². The van der Waals surface area contributed by atoms with Crippen LogP contribution in [0.3, 0.4) is 0 Å². The van der Waals surface area contributed by atoms with Crippen LogP contribution in [-0.2, 0) is 11.2 Å². The first-order chi connectivity index (χ1) is 11.8. The van der Waals surface area contributed by atoms with E-state index in [4.69, 9.17) is 10.5 Å². The van der Waals surface area contributed by atoms with Crippen molar-refractivity contribution < 1.29 is 4.74 Å². The van der Waals surface area contributed by atoms with Gasteiger partial charge in [-0.1, -0.05) is 6.42 Å². The summed E-state index contributed by atoms with van der Waals surface area (Å²) in [6.07, 6.45) is 7.30. The third-order valence-corrected chi connectivity index (χ3v) is 5.94. The molecule has 1 saturated carbocycles. The monoisotopic (exact) mass is 327 g/mol. The van der Waals surface area contributed by atoms with Gasteiger partial charge in [0.1, 0.15) is 17.7 Å². The molecule has 4 aliphatic rings. The fraction of sp³-hybridized carbons (Fsp3) is 0.667. The number of hydrogen-bond donors (Lipinski definition) is 2. The van der Waals surface area contributed by atoms with Crippen molar-refractivity contribution in [2.24, 2.45) is 5.92 Å². The van der Waals surface area contributed by atoms with Crippen LogP contribution in [0.25, 0.3) is 5.57 Å². The first-order valence-corrected chi connectivity index (χ1v) is 9.33. The predicted octanol–water partition coefficient (Wildman–Crippen LogP) is 1.71. The Morgan fingerprint density at radius 3 is 2.79 bits per heavy atom. The fourth-order valence-corrected chi connectivity index (χ4v) is 4.84. The van der Waals surface area contributed by atoms with Crippen molar-refractivity contribution in [2.45, 2.75) is 44.6 Å². The van der Waals surface area contributed by atoms with Gasteiger partial charge >= 0.3 is 0 Å². The molecule has 3 heterocycles. The number of ether oxygens (including phenoxy) is 1. The second-order valence-electron chi connectivity index (χ2n) is 7.35. The van der Waals surface area contributed by atoms with Crippen LogP contribution in [0.1, 0.15) is 43.4 Å². The van der Waals surface area contributed by atoms with Crippen LogP contribution >= 0.6 is 0 Å². The second kappa shape index (κ2) is 5.62. The maximum absolute atomic E-state index is 6.31. The van der Waals surface area contributed by atoms with Gasteiger partial charge in [-0.2, -0.15) is 4.98 Å². The lowest BCUT2D eigenvalue weighted by Crippen LogP contribution is -2.44. The van der Waals surface area contributed by atoms with Crippen LogP contribution in [0.2, 0.25) is 0 Å². The Morgan fingerprint density at radius 1 is 1.08 bits per heavy atom. The number of rotatable bonds is 1. The SMILES string of the molecule is Nc1nc2c(c(N3CCNCC3)n1)CCC1=C2[C@H]2CCCC[C@H]2O1. The number of nitrogens with two attached hydrogens (primary N) is 1. The zero-order chi connectivity index (χ0) is 16.1. The number of aromatic nitrogens is 2. The summed E-state index contributed by atoms with van der Waals surface area (Å²) in [5.41, 5.74) is 9.85. The van der Waals surface area contributed by atoms with Crippen LogP contribution in [0.15, 0.2) is 5.76 Å². The summed E-state index contributed by atoms with van der Waals surface area (Å²) in [5.74, 6) is 3.15. The molecule has 1 aromatic rings. The number of fused-ring (bicyclic) bond motifs is 4. The maximum atomic E-state index is 6.31. The van der Waals surface area contributed by atoms with Crippen LogP contribution in [0.5, 0.6) is 0 Å². The Labute approximate surface area is 142 Å². The van der Waals surface area contributed by atoms with Gasteiger partial charge in [-0.25, -0.2) is 4.98 Å². The van der Waals surface area contributed by atoms with E-state index in [2.05, 4.69) is 20.2 Å². The van der Waals surface area contributed by atoms with Crippen molar-refractivity contribution in [1.29, 1.82) is 0 Å². The van der Waals surface area contributed by atoms with Crippen molar-refractivity contribution in [1.82, 2.24) is 15.3 Å². The molecule has 0 aromatic carbocycles. The van der Waals surface area contributed by atoms with Crippen molar-refractivity contribution in [3.8, 4) is 0 Å². The van der Waals surface area contributed by atoms with Crippen molar-refractivity contribution in [2.75, 3.05) is 36.8 Å². The summed E-state index contributed by atoms with van der Waals surface area (Å²) >= 11 is 0. The largest absolute Gasteiger partial charge is 0.494 e. The van der Waals surface area contributed by atoms with E-state index in [9.17, 15) is 0 Å². The smallest absolute Gasteiger partial charge is 0.222 e. The number of nitrogens with zero attached hydrogens (tertiary/aromatic N) is 3. The van der Waals surface area contributed by atoms with Gasteiger partial charge in [-0.3, -0.25) is 0 Å². The minimum Gasteiger partial charge on any atom is -0.494 e. The summed E-state index contributed by atoms with van der Waals surface area (Å²) < 4.78 is 6.31. The van der Waals surface area contributed by atoms with E-state index >= 15 is 0 Å². The quantitative estimate of drug-likeness (QED) is 0.818. The van der Waals surface area contributed by atoms with E-state index in [1.807, 2.05) is 0 Å². The molecule has 24 heavy (non-hydrogen) atoms. The molecule has 2 aliphatic carbocycles. The van der Waals surface area contributed by atoms with Gasteiger partial charge in [0.25, 0.3) is 0 Å². The third kappa shape index (κ3) is 2.19. The molecule has 2 fully saturated rings. The number of hydrogen-bond acceptors (Lipinski definition) is 6. The Balaban J connectivity index is 1.59. The van der Waals surface area contributed by atoms with Gasteiger partial charge in [0.05, 0.1) is 5.69 Å². The lowest BCUT2D eigenvalue weighted by Gasteiger charge is -2.32. The molecular formula is C18H25N5O. The molecule has 3 N–H and O–H groups in total. The van der Waals surface area contributed by atoms with Gasteiger partial charge in [0.2, 0.25) is 5.95 Å². The Morgan fingerprint density at radius 2 is 1.92 bits per heavy atom. The molecule has 0 spiro atoms.